The molecule has 0 rings (SSSR count). The average Bonchev–Trinajstić information content (AvgIpc) is 1.91. The molecule has 2 heteroatoms. The third-order valence-corrected chi connectivity index (χ3v) is 1.00. The van der Waals surface area contributed by atoms with Crippen molar-refractivity contribution in [2.45, 2.75) is 6.92 Å². The molecule has 0 aliphatic carbocycles. The van der Waals surface area contributed by atoms with E-state index in [0.29, 0.717) is 6.54 Å². The van der Waals surface area contributed by atoms with Crippen LogP contribution in [0.5, 0.6) is 0 Å². The van der Waals surface area contributed by atoms with Crippen molar-refractivity contribution in [2.75, 3.05) is 13.1 Å². The summed E-state index contributed by atoms with van der Waals surface area (Å²) in [6, 6.07) is 0. The number of rotatable bonds is 4. The predicted octanol–water partition coefficient (Wildman–Crippen LogP) is 0.625. The number of hydrogen-bond donors (Lipinski definition) is 2. The summed E-state index contributed by atoms with van der Waals surface area (Å²) in [4.78, 5) is 0. The number of allylic oxidation sites excluding steroid dienone is 2. The number of hydrogen-bond acceptors (Lipinski definition) is 2. The highest BCUT2D eigenvalue weighted by Crippen LogP contribution is 1.85. The van der Waals surface area contributed by atoms with Crippen LogP contribution in [0.25, 0.3) is 0 Å². The van der Waals surface area contributed by atoms with E-state index in [9.17, 15) is 0 Å². The van der Waals surface area contributed by atoms with Crippen molar-refractivity contribution in [3.05, 3.63) is 24.4 Å². The molecule has 0 bridgehead atoms. The van der Waals surface area contributed by atoms with Gasteiger partial charge in [0.2, 0.25) is 0 Å². The molecule has 0 fully saturated rings. The maximum atomic E-state index is 5.26. The molecule has 2 nitrogen and oxygen atoms in total. The summed E-state index contributed by atoms with van der Waals surface area (Å²) in [5, 5.41) is 3.09. The molecule has 0 aromatic heterocycles. The van der Waals surface area contributed by atoms with E-state index in [1.807, 2.05) is 13.0 Å². The van der Waals surface area contributed by atoms with Crippen molar-refractivity contribution in [3.8, 4) is 0 Å². The van der Waals surface area contributed by atoms with Crippen molar-refractivity contribution in [1.29, 1.82) is 0 Å². The highest BCUT2D eigenvalue weighted by Gasteiger charge is 1.83. The van der Waals surface area contributed by atoms with Gasteiger partial charge in [0, 0.05) is 18.8 Å². The van der Waals surface area contributed by atoms with Gasteiger partial charge in [0.1, 0.15) is 0 Å². The van der Waals surface area contributed by atoms with Crippen LogP contribution in [-0.2, 0) is 0 Å². The van der Waals surface area contributed by atoms with E-state index in [1.54, 1.807) is 6.08 Å². The van der Waals surface area contributed by atoms with Crippen molar-refractivity contribution in [1.82, 2.24) is 5.32 Å². The summed E-state index contributed by atoms with van der Waals surface area (Å²) in [5.41, 5.74) is 6.30. The van der Waals surface area contributed by atoms with Gasteiger partial charge in [-0.2, -0.15) is 0 Å². The van der Waals surface area contributed by atoms with Gasteiger partial charge in [-0.1, -0.05) is 12.7 Å². The van der Waals surface area contributed by atoms with E-state index >= 15 is 0 Å². The molecule has 0 saturated heterocycles. The minimum absolute atomic E-state index is 0.658. The van der Waals surface area contributed by atoms with Gasteiger partial charge >= 0.3 is 0 Å². The largest absolute Gasteiger partial charge is 0.384 e. The maximum Gasteiger partial charge on any atom is 0.0291 e. The molecular weight excluding hydrogens is 112 g/mol. The predicted molar refractivity (Wildman–Crippen MR) is 41.0 cm³/mol. The molecule has 9 heavy (non-hydrogen) atoms. The average molecular weight is 126 g/mol. The van der Waals surface area contributed by atoms with Gasteiger partial charge in [-0.3, -0.25) is 0 Å². The quantitative estimate of drug-likeness (QED) is 0.542. The van der Waals surface area contributed by atoms with Crippen LogP contribution >= 0.6 is 0 Å². The molecule has 0 unspecified atom stereocenters. The fourth-order valence-electron chi connectivity index (χ4n) is 0.509. The first-order chi connectivity index (χ1) is 4.35. The van der Waals surface area contributed by atoms with Crippen LogP contribution in [0.1, 0.15) is 6.92 Å². The monoisotopic (exact) mass is 126 g/mol. The summed E-state index contributed by atoms with van der Waals surface area (Å²) < 4.78 is 0. The van der Waals surface area contributed by atoms with Gasteiger partial charge < -0.3 is 11.1 Å². The minimum Gasteiger partial charge on any atom is -0.384 e. The third-order valence-electron chi connectivity index (χ3n) is 1.00. The molecule has 0 spiro atoms. The number of nitrogens with two attached hydrogens (primary N) is 1. The van der Waals surface area contributed by atoms with E-state index in [4.69, 9.17) is 5.73 Å². The molecule has 0 aromatic carbocycles. The Kier molecular flexibility index (Phi) is 4.92. The molecule has 0 heterocycles. The topological polar surface area (TPSA) is 38.0 Å². The van der Waals surface area contributed by atoms with Gasteiger partial charge in [0.25, 0.3) is 0 Å². The molecule has 3 N–H and O–H groups in total. The van der Waals surface area contributed by atoms with E-state index in [0.717, 1.165) is 12.2 Å². The highest BCUT2D eigenvalue weighted by molar-refractivity contribution is 5.12. The third kappa shape index (κ3) is 3.79. The summed E-state index contributed by atoms with van der Waals surface area (Å²) in [5.74, 6) is 0. The maximum absolute atomic E-state index is 5.26. The van der Waals surface area contributed by atoms with Gasteiger partial charge in [0.05, 0.1) is 0 Å². The first-order valence-corrected chi connectivity index (χ1v) is 3.07. The molecule has 0 saturated carbocycles. The summed E-state index contributed by atoms with van der Waals surface area (Å²) in [6.45, 7) is 7.04. The number of nitrogens with one attached hydrogen (secondary N) is 1. The van der Waals surface area contributed by atoms with E-state index in [2.05, 4.69) is 11.9 Å². The zero-order valence-corrected chi connectivity index (χ0v) is 5.85. The molecule has 0 radical (unpaired) electrons. The van der Waals surface area contributed by atoms with Crippen molar-refractivity contribution in [2.24, 2.45) is 5.73 Å². The first-order valence-electron chi connectivity index (χ1n) is 3.07. The Morgan fingerprint density at radius 2 is 2.44 bits per heavy atom. The van der Waals surface area contributed by atoms with Gasteiger partial charge in [-0.15, -0.1) is 0 Å². The standard InChI is InChI=1S/C7H14N2/c1-3-7(4-2)9-6-5-8/h3-4,9H,1,5-6,8H2,2H3/b7-4+. The Bertz CT molecular complexity index is 105. The molecule has 0 atom stereocenters. The first kappa shape index (κ1) is 8.24. The van der Waals surface area contributed by atoms with E-state index in [1.165, 1.54) is 0 Å². The SMILES string of the molecule is C=C/C(=C\C)NCCN. The highest BCUT2D eigenvalue weighted by atomic mass is 14.9. The zero-order valence-electron chi connectivity index (χ0n) is 5.85. The lowest BCUT2D eigenvalue weighted by atomic mass is 10.4. The Hall–Kier alpha value is -0.760. The van der Waals surface area contributed by atoms with Gasteiger partial charge in [0.15, 0.2) is 0 Å². The van der Waals surface area contributed by atoms with E-state index < -0.39 is 0 Å². The normalized spacial score (nSPS) is 11.1. The van der Waals surface area contributed by atoms with Crippen molar-refractivity contribution >= 4 is 0 Å². The lowest BCUT2D eigenvalue weighted by molar-refractivity contribution is 0.813. The summed E-state index contributed by atoms with van der Waals surface area (Å²) in [6.07, 6.45) is 3.73. The fourth-order valence-corrected chi connectivity index (χ4v) is 0.509. The van der Waals surface area contributed by atoms with Crippen LogP contribution in [0.2, 0.25) is 0 Å². The smallest absolute Gasteiger partial charge is 0.0291 e. The minimum atomic E-state index is 0.658. The molecule has 52 valence electrons. The summed E-state index contributed by atoms with van der Waals surface area (Å²) in [7, 11) is 0. The molecule has 0 amide bonds. The fraction of sp³-hybridized carbons (Fsp3) is 0.429. The second kappa shape index (κ2) is 5.38. The van der Waals surface area contributed by atoms with E-state index in [-0.39, 0.29) is 0 Å². The van der Waals surface area contributed by atoms with Crippen LogP contribution in [0.15, 0.2) is 24.4 Å². The van der Waals surface area contributed by atoms with Crippen molar-refractivity contribution < 1.29 is 0 Å². The molecule has 0 aliphatic heterocycles. The Balaban J connectivity index is 3.45. The van der Waals surface area contributed by atoms with Crippen LogP contribution in [0, 0.1) is 0 Å². The van der Waals surface area contributed by atoms with Crippen LogP contribution in [-0.4, -0.2) is 13.1 Å². The van der Waals surface area contributed by atoms with Crippen molar-refractivity contribution in [3.63, 3.8) is 0 Å². The molecule has 0 aromatic rings. The molecule has 0 aliphatic rings. The van der Waals surface area contributed by atoms with Gasteiger partial charge in [-0.25, -0.2) is 0 Å². The second-order valence-corrected chi connectivity index (χ2v) is 1.66. The van der Waals surface area contributed by atoms with Crippen LogP contribution in [0.3, 0.4) is 0 Å². The Morgan fingerprint density at radius 1 is 1.78 bits per heavy atom. The second-order valence-electron chi connectivity index (χ2n) is 1.66. The zero-order chi connectivity index (χ0) is 7.11. The van der Waals surface area contributed by atoms with Gasteiger partial charge in [-0.05, 0) is 13.0 Å². The Labute approximate surface area is 56.4 Å². The van der Waals surface area contributed by atoms with Crippen LogP contribution < -0.4 is 11.1 Å². The lowest BCUT2D eigenvalue weighted by Crippen LogP contribution is -2.20. The van der Waals surface area contributed by atoms with Crippen LogP contribution in [0.4, 0.5) is 0 Å². The molecular formula is C7H14N2. The lowest BCUT2D eigenvalue weighted by Gasteiger charge is -2.02. The Morgan fingerprint density at radius 3 is 2.78 bits per heavy atom. The summed E-state index contributed by atoms with van der Waals surface area (Å²) >= 11 is 0.